The second-order valence-electron chi connectivity index (χ2n) is 4.78. The minimum absolute atomic E-state index is 0.305. The van der Waals surface area contributed by atoms with E-state index >= 15 is 0 Å². The van der Waals surface area contributed by atoms with E-state index in [4.69, 9.17) is 5.11 Å². The Hall–Kier alpha value is -2.70. The molecule has 22 heavy (non-hydrogen) atoms. The Morgan fingerprint density at radius 1 is 1.36 bits per heavy atom. The molecule has 0 aliphatic heterocycles. The second kappa shape index (κ2) is 6.38. The summed E-state index contributed by atoms with van der Waals surface area (Å²) in [5, 5.41) is 15.4. The number of amides is 1. The Morgan fingerprint density at radius 3 is 2.55 bits per heavy atom. The van der Waals surface area contributed by atoms with E-state index < -0.39 is 17.9 Å². The van der Waals surface area contributed by atoms with Crippen molar-refractivity contribution in [2.75, 3.05) is 0 Å². The molecule has 2 aromatic rings. The molecule has 1 aromatic heterocycles. The van der Waals surface area contributed by atoms with Crippen molar-refractivity contribution in [1.82, 2.24) is 15.1 Å². The molecule has 0 saturated heterocycles. The number of halogens is 1. The first-order chi connectivity index (χ1) is 10.4. The first kappa shape index (κ1) is 15.7. The van der Waals surface area contributed by atoms with Crippen LogP contribution in [0.2, 0.25) is 0 Å². The summed E-state index contributed by atoms with van der Waals surface area (Å²) in [5.41, 5.74) is 1.56. The lowest BCUT2D eigenvalue weighted by atomic mass is 10.1. The molecular weight excluding hydrogens is 289 g/mol. The number of benzene rings is 1. The maximum atomic E-state index is 13.0. The molecule has 0 spiro atoms. The molecule has 0 aliphatic carbocycles. The summed E-state index contributed by atoms with van der Waals surface area (Å²) in [4.78, 5) is 23.0. The summed E-state index contributed by atoms with van der Waals surface area (Å²) in [5.74, 6) is -1.97. The zero-order valence-corrected chi connectivity index (χ0v) is 12.2. The minimum Gasteiger partial charge on any atom is -0.480 e. The van der Waals surface area contributed by atoms with E-state index in [0.717, 1.165) is 0 Å². The summed E-state index contributed by atoms with van der Waals surface area (Å²) < 4.78 is 14.5. The Morgan fingerprint density at radius 2 is 2.00 bits per heavy atom. The number of carbonyl (C=O) groups is 2. The van der Waals surface area contributed by atoms with Crippen LogP contribution in [0.15, 0.2) is 30.5 Å². The fourth-order valence-electron chi connectivity index (χ4n) is 2.04. The van der Waals surface area contributed by atoms with Gasteiger partial charge < -0.3 is 10.4 Å². The fourth-order valence-corrected chi connectivity index (χ4v) is 2.04. The number of rotatable bonds is 5. The maximum absolute atomic E-state index is 13.0. The number of carboxylic acid groups (broad SMARTS) is 1. The molecule has 2 rings (SSSR count). The molecule has 6 nitrogen and oxygen atoms in total. The normalized spacial score (nSPS) is 12.0. The number of nitrogens with zero attached hydrogens (tertiary/aromatic N) is 2. The van der Waals surface area contributed by atoms with Gasteiger partial charge >= 0.3 is 5.97 Å². The van der Waals surface area contributed by atoms with E-state index in [1.807, 2.05) is 6.92 Å². The van der Waals surface area contributed by atoms with Crippen molar-refractivity contribution >= 4 is 11.9 Å². The number of carbonyl (C=O) groups excluding carboxylic acids is 1. The lowest BCUT2D eigenvalue weighted by molar-refractivity contribution is -0.138. The van der Waals surface area contributed by atoms with Crippen LogP contribution in [-0.2, 0) is 11.2 Å². The van der Waals surface area contributed by atoms with Gasteiger partial charge in [-0.25, -0.2) is 9.07 Å². The predicted octanol–water partition coefficient (Wildman–Crippen LogP) is 1.78. The number of nitrogens with one attached hydrogen (secondary N) is 1. The van der Waals surface area contributed by atoms with Crippen molar-refractivity contribution in [2.24, 2.45) is 0 Å². The lowest BCUT2D eigenvalue weighted by Crippen LogP contribution is -2.38. The van der Waals surface area contributed by atoms with Crippen LogP contribution in [0.25, 0.3) is 5.69 Å². The van der Waals surface area contributed by atoms with E-state index in [1.54, 1.807) is 16.8 Å². The van der Waals surface area contributed by atoms with Crippen molar-refractivity contribution in [3.05, 3.63) is 47.5 Å². The monoisotopic (exact) mass is 305 g/mol. The van der Waals surface area contributed by atoms with E-state index in [2.05, 4.69) is 10.4 Å². The molecule has 0 saturated carbocycles. The number of aliphatic carboxylic acids is 1. The van der Waals surface area contributed by atoms with Crippen LogP contribution < -0.4 is 5.32 Å². The Bertz CT molecular complexity index is 695. The lowest BCUT2D eigenvalue weighted by Gasteiger charge is -2.10. The van der Waals surface area contributed by atoms with Gasteiger partial charge in [0.2, 0.25) is 0 Å². The zero-order chi connectivity index (χ0) is 16.3. The topological polar surface area (TPSA) is 84.2 Å². The van der Waals surface area contributed by atoms with Gasteiger partial charge in [0.25, 0.3) is 5.91 Å². The number of hydrogen-bond acceptors (Lipinski definition) is 3. The second-order valence-corrected chi connectivity index (χ2v) is 4.78. The molecule has 116 valence electrons. The van der Waals surface area contributed by atoms with Gasteiger partial charge in [0.05, 0.1) is 23.1 Å². The highest BCUT2D eigenvalue weighted by Gasteiger charge is 2.20. The van der Waals surface area contributed by atoms with Gasteiger partial charge in [-0.3, -0.25) is 9.59 Å². The summed E-state index contributed by atoms with van der Waals surface area (Å²) in [6.45, 7) is 3.24. The standard InChI is InChI=1S/C15H16FN3O3/c1-3-13-12(14(20)18-9(2)15(21)22)8-17-19(13)11-6-4-10(16)5-7-11/h4-9H,3H2,1-2H3,(H,18,20)(H,21,22)/t9-/m0/s1. The molecule has 2 N–H and O–H groups in total. The highest BCUT2D eigenvalue weighted by atomic mass is 19.1. The van der Waals surface area contributed by atoms with Gasteiger partial charge in [-0.05, 0) is 37.6 Å². The van der Waals surface area contributed by atoms with Crippen molar-refractivity contribution < 1.29 is 19.1 Å². The SMILES string of the molecule is CCc1c(C(=O)N[C@@H](C)C(=O)O)cnn1-c1ccc(F)cc1. The van der Waals surface area contributed by atoms with Crippen molar-refractivity contribution in [3.8, 4) is 5.69 Å². The van der Waals surface area contributed by atoms with Gasteiger partial charge in [-0.15, -0.1) is 0 Å². The third-order valence-electron chi connectivity index (χ3n) is 3.24. The first-order valence-electron chi connectivity index (χ1n) is 6.80. The molecule has 0 radical (unpaired) electrons. The van der Waals surface area contributed by atoms with Gasteiger partial charge in [0.15, 0.2) is 0 Å². The Labute approximate surface area is 126 Å². The molecule has 1 heterocycles. The molecular formula is C15H16FN3O3. The third kappa shape index (κ3) is 3.13. The molecule has 0 bridgehead atoms. The van der Waals surface area contributed by atoms with Crippen LogP contribution >= 0.6 is 0 Å². The summed E-state index contributed by atoms with van der Waals surface area (Å²) >= 11 is 0. The maximum Gasteiger partial charge on any atom is 0.325 e. The third-order valence-corrected chi connectivity index (χ3v) is 3.24. The van der Waals surface area contributed by atoms with E-state index in [9.17, 15) is 14.0 Å². The summed E-state index contributed by atoms with van der Waals surface area (Å²) in [6, 6.07) is 4.74. The van der Waals surface area contributed by atoms with Crippen LogP contribution in [0.3, 0.4) is 0 Å². The van der Waals surface area contributed by atoms with E-state index in [-0.39, 0.29) is 5.82 Å². The summed E-state index contributed by atoms with van der Waals surface area (Å²) in [6.07, 6.45) is 1.90. The predicted molar refractivity (Wildman–Crippen MR) is 77.5 cm³/mol. The number of hydrogen-bond donors (Lipinski definition) is 2. The Kier molecular flexibility index (Phi) is 4.55. The van der Waals surface area contributed by atoms with Crippen LogP contribution in [0, 0.1) is 5.82 Å². The Balaban J connectivity index is 2.33. The van der Waals surface area contributed by atoms with Crippen LogP contribution in [0.5, 0.6) is 0 Å². The molecule has 0 fully saturated rings. The fraction of sp³-hybridized carbons (Fsp3) is 0.267. The molecule has 0 aliphatic rings. The smallest absolute Gasteiger partial charge is 0.325 e. The number of aromatic nitrogens is 2. The van der Waals surface area contributed by atoms with Gasteiger partial charge in [0, 0.05) is 0 Å². The summed E-state index contributed by atoms with van der Waals surface area (Å²) in [7, 11) is 0. The average Bonchev–Trinajstić information content (AvgIpc) is 2.91. The van der Waals surface area contributed by atoms with Crippen LogP contribution in [0.4, 0.5) is 4.39 Å². The van der Waals surface area contributed by atoms with Crippen LogP contribution in [0.1, 0.15) is 29.9 Å². The first-order valence-corrected chi connectivity index (χ1v) is 6.80. The molecule has 7 heteroatoms. The van der Waals surface area contributed by atoms with Crippen molar-refractivity contribution in [2.45, 2.75) is 26.3 Å². The quantitative estimate of drug-likeness (QED) is 0.882. The highest BCUT2D eigenvalue weighted by Crippen LogP contribution is 2.16. The zero-order valence-electron chi connectivity index (χ0n) is 12.2. The molecule has 0 unspecified atom stereocenters. The van der Waals surface area contributed by atoms with Crippen molar-refractivity contribution in [1.29, 1.82) is 0 Å². The average molecular weight is 305 g/mol. The molecule has 1 aromatic carbocycles. The molecule has 1 amide bonds. The van der Waals surface area contributed by atoms with Crippen molar-refractivity contribution in [3.63, 3.8) is 0 Å². The molecule has 1 atom stereocenters. The van der Waals surface area contributed by atoms with Gasteiger partial charge in [-0.1, -0.05) is 6.92 Å². The minimum atomic E-state index is -1.11. The van der Waals surface area contributed by atoms with Gasteiger partial charge in [-0.2, -0.15) is 5.10 Å². The largest absolute Gasteiger partial charge is 0.480 e. The highest BCUT2D eigenvalue weighted by molar-refractivity contribution is 5.97. The number of carboxylic acids is 1. The van der Waals surface area contributed by atoms with Gasteiger partial charge in [0.1, 0.15) is 11.9 Å². The van der Waals surface area contributed by atoms with E-state index in [0.29, 0.717) is 23.4 Å². The van der Waals surface area contributed by atoms with Crippen LogP contribution in [-0.4, -0.2) is 32.8 Å². The van der Waals surface area contributed by atoms with E-state index in [1.165, 1.54) is 25.3 Å².